The monoisotopic (exact) mass is 305 g/mol. The lowest BCUT2D eigenvalue weighted by Gasteiger charge is -2.11. The highest BCUT2D eigenvalue weighted by Gasteiger charge is 2.08. The number of fused-ring (bicyclic) bond motifs is 1. The number of nitrogens with zero attached hydrogens (tertiary/aromatic N) is 2. The molecule has 1 aromatic carbocycles. The third kappa shape index (κ3) is 3.87. The van der Waals surface area contributed by atoms with Crippen molar-refractivity contribution in [3.05, 3.63) is 24.0 Å². The number of carbonyl (C=O) groups is 2. The Morgan fingerprint density at radius 1 is 1.32 bits per heavy atom. The molecule has 1 aromatic heterocycles. The number of hydrogen-bond acceptors (Lipinski definition) is 4. The molecule has 0 radical (unpaired) electrons. The lowest BCUT2D eigenvalue weighted by Crippen LogP contribution is -2.41. The standard InChI is InChI=1S/C14H19N5O3/c1-19(2)14(21)16-8-13(20)15-7-12-17-10-5-4-9(22-3)6-11(10)18-12/h4-6H,7-8H2,1-3H3,(H,15,20)(H,16,21)(H,17,18). The van der Waals surface area contributed by atoms with Gasteiger partial charge in [0.2, 0.25) is 5.91 Å². The molecule has 3 amide bonds. The van der Waals surface area contributed by atoms with E-state index in [-0.39, 0.29) is 25.0 Å². The van der Waals surface area contributed by atoms with Gasteiger partial charge >= 0.3 is 6.03 Å². The predicted octanol–water partition coefficient (Wildman–Crippen LogP) is 0.459. The zero-order chi connectivity index (χ0) is 16.1. The van der Waals surface area contributed by atoms with Gasteiger partial charge in [0.15, 0.2) is 0 Å². The topological polar surface area (TPSA) is 99.3 Å². The number of H-pyrrole nitrogens is 1. The minimum absolute atomic E-state index is 0.0783. The van der Waals surface area contributed by atoms with Crippen LogP contribution in [0.15, 0.2) is 18.2 Å². The molecule has 22 heavy (non-hydrogen) atoms. The summed E-state index contributed by atoms with van der Waals surface area (Å²) in [6.45, 7) is 0.179. The molecule has 2 aromatic rings. The van der Waals surface area contributed by atoms with Crippen LogP contribution in [0, 0.1) is 0 Å². The summed E-state index contributed by atoms with van der Waals surface area (Å²) in [5, 5.41) is 5.17. The van der Waals surface area contributed by atoms with Gasteiger partial charge in [-0.05, 0) is 12.1 Å². The van der Waals surface area contributed by atoms with Crippen LogP contribution < -0.4 is 15.4 Å². The summed E-state index contributed by atoms with van der Waals surface area (Å²) in [6, 6.07) is 5.19. The van der Waals surface area contributed by atoms with Crippen LogP contribution in [0.1, 0.15) is 5.82 Å². The number of urea groups is 1. The number of ether oxygens (including phenoxy) is 1. The van der Waals surface area contributed by atoms with Crippen LogP contribution in [0.25, 0.3) is 11.0 Å². The van der Waals surface area contributed by atoms with Crippen molar-refractivity contribution in [2.24, 2.45) is 0 Å². The minimum Gasteiger partial charge on any atom is -0.497 e. The van der Waals surface area contributed by atoms with E-state index < -0.39 is 0 Å². The number of hydrogen-bond donors (Lipinski definition) is 3. The van der Waals surface area contributed by atoms with Gasteiger partial charge in [0.05, 0.1) is 31.2 Å². The lowest BCUT2D eigenvalue weighted by molar-refractivity contribution is -0.120. The van der Waals surface area contributed by atoms with Crippen molar-refractivity contribution in [2.75, 3.05) is 27.7 Å². The number of aromatic nitrogens is 2. The Morgan fingerprint density at radius 2 is 2.09 bits per heavy atom. The molecule has 118 valence electrons. The van der Waals surface area contributed by atoms with E-state index in [0.29, 0.717) is 5.82 Å². The number of benzene rings is 1. The Labute approximate surface area is 127 Å². The maximum Gasteiger partial charge on any atom is 0.317 e. The molecule has 8 nitrogen and oxygen atoms in total. The summed E-state index contributed by atoms with van der Waals surface area (Å²) in [6.07, 6.45) is 0. The third-order valence-electron chi connectivity index (χ3n) is 3.00. The van der Waals surface area contributed by atoms with Gasteiger partial charge in [0.1, 0.15) is 11.6 Å². The second kappa shape index (κ2) is 6.79. The summed E-state index contributed by atoms with van der Waals surface area (Å²) >= 11 is 0. The highest BCUT2D eigenvalue weighted by molar-refractivity contribution is 5.83. The molecule has 0 saturated carbocycles. The molecule has 0 spiro atoms. The van der Waals surface area contributed by atoms with Crippen molar-refractivity contribution in [3.63, 3.8) is 0 Å². The highest BCUT2D eigenvalue weighted by Crippen LogP contribution is 2.18. The summed E-state index contributed by atoms with van der Waals surface area (Å²) in [7, 11) is 4.81. The molecule has 1 heterocycles. The summed E-state index contributed by atoms with van der Waals surface area (Å²) in [5.74, 6) is 1.09. The van der Waals surface area contributed by atoms with Gasteiger partial charge in [0, 0.05) is 20.2 Å². The van der Waals surface area contributed by atoms with E-state index in [0.717, 1.165) is 16.8 Å². The summed E-state index contributed by atoms with van der Waals surface area (Å²) < 4.78 is 5.14. The highest BCUT2D eigenvalue weighted by atomic mass is 16.5. The molecule has 0 saturated heterocycles. The zero-order valence-electron chi connectivity index (χ0n) is 12.8. The van der Waals surface area contributed by atoms with Crippen molar-refractivity contribution in [1.29, 1.82) is 0 Å². The lowest BCUT2D eigenvalue weighted by atomic mass is 10.3. The van der Waals surface area contributed by atoms with Crippen molar-refractivity contribution in [2.45, 2.75) is 6.54 Å². The molecule has 0 aliphatic rings. The zero-order valence-corrected chi connectivity index (χ0v) is 12.8. The number of nitrogens with one attached hydrogen (secondary N) is 3. The van der Waals surface area contributed by atoms with E-state index in [4.69, 9.17) is 4.74 Å². The number of imidazole rings is 1. The van der Waals surface area contributed by atoms with Crippen molar-refractivity contribution in [1.82, 2.24) is 25.5 Å². The Balaban J connectivity index is 1.88. The first kappa shape index (κ1) is 15.6. The summed E-state index contributed by atoms with van der Waals surface area (Å²) in [4.78, 5) is 31.8. The second-order valence-corrected chi connectivity index (χ2v) is 4.90. The van der Waals surface area contributed by atoms with E-state index in [9.17, 15) is 9.59 Å². The Hall–Kier alpha value is -2.77. The number of aromatic amines is 1. The first-order valence-electron chi connectivity index (χ1n) is 6.74. The van der Waals surface area contributed by atoms with E-state index in [1.807, 2.05) is 18.2 Å². The SMILES string of the molecule is COc1ccc2nc(CNC(=O)CNC(=O)N(C)C)[nH]c2c1. The van der Waals surface area contributed by atoms with Crippen LogP contribution in [-0.2, 0) is 11.3 Å². The molecule has 2 rings (SSSR count). The molecule has 3 N–H and O–H groups in total. The fourth-order valence-corrected chi connectivity index (χ4v) is 1.81. The van der Waals surface area contributed by atoms with Gasteiger partial charge in [-0.2, -0.15) is 0 Å². The van der Waals surface area contributed by atoms with E-state index in [1.54, 1.807) is 21.2 Å². The molecule has 8 heteroatoms. The van der Waals surface area contributed by atoms with Crippen LogP contribution in [0.4, 0.5) is 4.79 Å². The normalized spacial score (nSPS) is 10.3. The van der Waals surface area contributed by atoms with Crippen LogP contribution in [0.2, 0.25) is 0 Å². The van der Waals surface area contributed by atoms with Crippen LogP contribution in [0.5, 0.6) is 5.75 Å². The van der Waals surface area contributed by atoms with Gasteiger partial charge in [-0.3, -0.25) is 4.79 Å². The van der Waals surface area contributed by atoms with Crippen molar-refractivity contribution < 1.29 is 14.3 Å². The van der Waals surface area contributed by atoms with Crippen LogP contribution >= 0.6 is 0 Å². The molecule has 0 aliphatic carbocycles. The Morgan fingerprint density at radius 3 is 2.77 bits per heavy atom. The van der Waals surface area contributed by atoms with E-state index >= 15 is 0 Å². The second-order valence-electron chi connectivity index (χ2n) is 4.90. The smallest absolute Gasteiger partial charge is 0.317 e. The summed E-state index contributed by atoms with van der Waals surface area (Å²) in [5.41, 5.74) is 1.63. The Kier molecular flexibility index (Phi) is 4.82. The molecular formula is C14H19N5O3. The minimum atomic E-state index is -0.314. The maximum absolute atomic E-state index is 11.7. The fourth-order valence-electron chi connectivity index (χ4n) is 1.81. The first-order valence-corrected chi connectivity index (χ1v) is 6.74. The predicted molar refractivity (Wildman–Crippen MR) is 81.6 cm³/mol. The molecule has 0 unspecified atom stereocenters. The van der Waals surface area contributed by atoms with E-state index in [2.05, 4.69) is 20.6 Å². The third-order valence-corrected chi connectivity index (χ3v) is 3.00. The van der Waals surface area contributed by atoms with Crippen LogP contribution in [0.3, 0.4) is 0 Å². The number of methoxy groups -OCH3 is 1. The number of rotatable bonds is 5. The van der Waals surface area contributed by atoms with Crippen molar-refractivity contribution >= 4 is 23.0 Å². The molecule has 0 aliphatic heterocycles. The van der Waals surface area contributed by atoms with Gasteiger partial charge < -0.3 is 25.3 Å². The molecular weight excluding hydrogens is 286 g/mol. The molecule has 0 fully saturated rings. The number of carbonyl (C=O) groups excluding carboxylic acids is 2. The quantitative estimate of drug-likeness (QED) is 0.747. The van der Waals surface area contributed by atoms with Crippen molar-refractivity contribution in [3.8, 4) is 5.75 Å². The van der Waals surface area contributed by atoms with Gasteiger partial charge in [-0.15, -0.1) is 0 Å². The maximum atomic E-state index is 11.7. The van der Waals surface area contributed by atoms with Gasteiger partial charge in [0.25, 0.3) is 0 Å². The average Bonchev–Trinajstić information content (AvgIpc) is 2.92. The van der Waals surface area contributed by atoms with Crippen LogP contribution in [-0.4, -0.2) is 54.6 Å². The largest absolute Gasteiger partial charge is 0.497 e. The number of amides is 3. The van der Waals surface area contributed by atoms with Gasteiger partial charge in [-0.1, -0.05) is 0 Å². The fraction of sp³-hybridized carbons (Fsp3) is 0.357. The van der Waals surface area contributed by atoms with Gasteiger partial charge in [-0.25, -0.2) is 9.78 Å². The molecule has 0 bridgehead atoms. The molecule has 0 atom stereocenters. The Bertz CT molecular complexity index is 680. The first-order chi connectivity index (χ1) is 10.5. The average molecular weight is 305 g/mol. The van der Waals surface area contributed by atoms with E-state index in [1.165, 1.54) is 4.90 Å².